The van der Waals surface area contributed by atoms with Crippen LogP contribution >= 0.6 is 0 Å². The maximum atomic E-state index is 4.03. The SMILES string of the molecule is C=C/C=C\C1=C(C)C2(c3cc(N(c4ccc(-c5ccc(C)cc5)cc4)c4ccc5c(c4)C(C)(C)C4=C5CCC=C4)ccc31)c1ccccc1-c1ccccc12. The summed E-state index contributed by atoms with van der Waals surface area (Å²) in [5.41, 5.74) is 23.1. The monoisotopic (exact) mass is 707 g/mol. The summed E-state index contributed by atoms with van der Waals surface area (Å²) in [5.74, 6) is 0. The highest BCUT2D eigenvalue weighted by Crippen LogP contribution is 2.62. The average molecular weight is 708 g/mol. The van der Waals surface area contributed by atoms with Gasteiger partial charge >= 0.3 is 0 Å². The minimum Gasteiger partial charge on any atom is -0.310 e. The topological polar surface area (TPSA) is 3.24 Å². The van der Waals surface area contributed by atoms with Gasteiger partial charge in [0.2, 0.25) is 0 Å². The molecular weight excluding hydrogens is 663 g/mol. The molecule has 0 N–H and O–H groups in total. The van der Waals surface area contributed by atoms with Crippen molar-refractivity contribution in [1.82, 2.24) is 0 Å². The number of fused-ring (bicyclic) bond motifs is 9. The van der Waals surface area contributed by atoms with Gasteiger partial charge in [0.1, 0.15) is 0 Å². The van der Waals surface area contributed by atoms with Crippen molar-refractivity contribution in [3.05, 3.63) is 221 Å². The van der Waals surface area contributed by atoms with Gasteiger partial charge in [-0.25, -0.2) is 0 Å². The van der Waals surface area contributed by atoms with Crippen LogP contribution in [-0.4, -0.2) is 0 Å². The van der Waals surface area contributed by atoms with Crippen LogP contribution in [0.25, 0.3) is 33.4 Å². The van der Waals surface area contributed by atoms with Crippen molar-refractivity contribution in [2.45, 2.75) is 51.4 Å². The first-order chi connectivity index (χ1) is 26.8. The summed E-state index contributed by atoms with van der Waals surface area (Å²) < 4.78 is 0. The van der Waals surface area contributed by atoms with Crippen molar-refractivity contribution >= 4 is 28.2 Å². The van der Waals surface area contributed by atoms with E-state index in [0.29, 0.717) is 0 Å². The predicted octanol–water partition coefficient (Wildman–Crippen LogP) is 14.4. The molecule has 0 radical (unpaired) electrons. The Morgan fingerprint density at radius 2 is 1.18 bits per heavy atom. The average Bonchev–Trinajstić information content (AvgIpc) is 3.75. The number of benzene rings is 6. The van der Waals surface area contributed by atoms with Crippen LogP contribution in [0.5, 0.6) is 0 Å². The van der Waals surface area contributed by atoms with Gasteiger partial charge in [-0.1, -0.05) is 153 Å². The first-order valence-electron chi connectivity index (χ1n) is 19.7. The van der Waals surface area contributed by atoms with E-state index in [4.69, 9.17) is 0 Å². The maximum Gasteiger partial charge on any atom is 0.0686 e. The number of anilines is 3. The fourth-order valence-corrected chi connectivity index (χ4v) is 10.3. The summed E-state index contributed by atoms with van der Waals surface area (Å²) in [7, 11) is 0. The molecule has 0 aromatic heterocycles. The van der Waals surface area contributed by atoms with Crippen molar-refractivity contribution in [1.29, 1.82) is 0 Å². The summed E-state index contributed by atoms with van der Waals surface area (Å²) in [6, 6.07) is 50.4. The van der Waals surface area contributed by atoms with Gasteiger partial charge in [0.05, 0.1) is 5.41 Å². The van der Waals surface area contributed by atoms with E-state index in [1.54, 1.807) is 0 Å². The van der Waals surface area contributed by atoms with Crippen LogP contribution in [0.2, 0.25) is 0 Å². The number of hydrogen-bond donors (Lipinski definition) is 0. The Morgan fingerprint density at radius 3 is 1.84 bits per heavy atom. The number of nitrogens with zero attached hydrogens (tertiary/aromatic N) is 1. The zero-order valence-electron chi connectivity index (χ0n) is 32.2. The van der Waals surface area contributed by atoms with Gasteiger partial charge in [0.25, 0.3) is 0 Å². The third kappa shape index (κ3) is 4.79. The fourth-order valence-electron chi connectivity index (χ4n) is 10.3. The first kappa shape index (κ1) is 33.4. The molecule has 1 spiro atoms. The molecule has 0 heterocycles. The molecule has 0 saturated heterocycles. The molecule has 10 rings (SSSR count). The Bertz CT molecular complexity index is 2640. The van der Waals surface area contributed by atoms with Crippen molar-refractivity contribution in [2.24, 2.45) is 0 Å². The van der Waals surface area contributed by atoms with E-state index in [0.717, 1.165) is 24.2 Å². The maximum absolute atomic E-state index is 4.03. The van der Waals surface area contributed by atoms with E-state index in [2.05, 4.69) is 197 Å². The highest BCUT2D eigenvalue weighted by atomic mass is 15.1. The van der Waals surface area contributed by atoms with Gasteiger partial charge in [0, 0.05) is 22.5 Å². The lowest BCUT2D eigenvalue weighted by Gasteiger charge is -2.33. The molecule has 0 saturated carbocycles. The highest BCUT2D eigenvalue weighted by Gasteiger charge is 2.51. The van der Waals surface area contributed by atoms with E-state index in [-0.39, 0.29) is 5.41 Å². The summed E-state index contributed by atoms with van der Waals surface area (Å²) in [5, 5.41) is 0. The van der Waals surface area contributed by atoms with Crippen LogP contribution in [0, 0.1) is 6.92 Å². The summed E-state index contributed by atoms with van der Waals surface area (Å²) in [6.45, 7) is 13.3. The Kier molecular flexibility index (Phi) is 7.55. The lowest BCUT2D eigenvalue weighted by atomic mass is 9.70. The molecule has 266 valence electrons. The van der Waals surface area contributed by atoms with Crippen LogP contribution in [0.3, 0.4) is 0 Å². The number of allylic oxidation sites excluding steroid dienone is 9. The Balaban J connectivity index is 1.20. The molecule has 55 heavy (non-hydrogen) atoms. The summed E-state index contributed by atoms with van der Waals surface area (Å²) >= 11 is 0. The van der Waals surface area contributed by atoms with E-state index in [9.17, 15) is 0 Å². The van der Waals surface area contributed by atoms with Crippen LogP contribution in [0.15, 0.2) is 182 Å². The fraction of sp³-hybridized carbons (Fsp3) is 0.148. The molecule has 4 aliphatic rings. The minimum atomic E-state index is -0.407. The quantitative estimate of drug-likeness (QED) is 0.156. The van der Waals surface area contributed by atoms with Crippen molar-refractivity contribution < 1.29 is 0 Å². The number of aryl methyl sites for hydroxylation is 1. The Labute approximate surface area is 326 Å². The second-order valence-corrected chi connectivity index (χ2v) is 16.1. The number of hydrogen-bond acceptors (Lipinski definition) is 1. The molecule has 4 aliphatic carbocycles. The smallest absolute Gasteiger partial charge is 0.0686 e. The van der Waals surface area contributed by atoms with Gasteiger partial charge in [-0.15, -0.1) is 0 Å². The first-order valence-corrected chi connectivity index (χ1v) is 19.7. The van der Waals surface area contributed by atoms with E-state index in [1.807, 2.05) is 6.08 Å². The van der Waals surface area contributed by atoms with Crippen LogP contribution < -0.4 is 4.90 Å². The van der Waals surface area contributed by atoms with Crippen LogP contribution in [-0.2, 0) is 10.8 Å². The minimum absolute atomic E-state index is 0.0642. The third-order valence-electron chi connectivity index (χ3n) is 12.9. The molecule has 0 fully saturated rings. The highest BCUT2D eigenvalue weighted by molar-refractivity contribution is 5.98. The molecule has 6 aromatic rings. The zero-order chi connectivity index (χ0) is 37.5. The Morgan fingerprint density at radius 1 is 0.600 bits per heavy atom. The lowest BCUT2D eigenvalue weighted by molar-refractivity contribution is 0.651. The summed E-state index contributed by atoms with van der Waals surface area (Å²) in [6.07, 6.45) is 13.2. The van der Waals surface area contributed by atoms with Gasteiger partial charge < -0.3 is 4.90 Å². The predicted molar refractivity (Wildman–Crippen MR) is 233 cm³/mol. The van der Waals surface area contributed by atoms with Crippen LogP contribution in [0.4, 0.5) is 17.1 Å². The van der Waals surface area contributed by atoms with E-state index in [1.165, 1.54) is 89.2 Å². The molecule has 1 heteroatoms. The molecule has 6 aromatic carbocycles. The van der Waals surface area contributed by atoms with Crippen molar-refractivity contribution in [3.8, 4) is 22.3 Å². The molecule has 0 aliphatic heterocycles. The van der Waals surface area contributed by atoms with Gasteiger partial charge in [-0.2, -0.15) is 0 Å². The molecule has 0 atom stereocenters. The van der Waals surface area contributed by atoms with Crippen LogP contribution in [0.1, 0.15) is 72.6 Å². The Hall–Kier alpha value is -6.18. The lowest BCUT2D eigenvalue weighted by Crippen LogP contribution is -2.26. The van der Waals surface area contributed by atoms with Gasteiger partial charge in [0.15, 0.2) is 0 Å². The molecular formula is C54H45N. The van der Waals surface area contributed by atoms with E-state index < -0.39 is 5.41 Å². The van der Waals surface area contributed by atoms with E-state index >= 15 is 0 Å². The van der Waals surface area contributed by atoms with Gasteiger partial charge in [-0.05, 0) is 141 Å². The molecule has 0 bridgehead atoms. The molecule has 0 unspecified atom stereocenters. The zero-order valence-corrected chi connectivity index (χ0v) is 32.2. The molecule has 1 nitrogen and oxygen atoms in total. The van der Waals surface area contributed by atoms with Gasteiger partial charge in [-0.3, -0.25) is 0 Å². The van der Waals surface area contributed by atoms with Crippen molar-refractivity contribution in [3.63, 3.8) is 0 Å². The van der Waals surface area contributed by atoms with Crippen molar-refractivity contribution in [2.75, 3.05) is 4.90 Å². The number of rotatable bonds is 6. The second-order valence-electron chi connectivity index (χ2n) is 16.1. The molecule has 0 amide bonds. The second kappa shape index (κ2) is 12.4. The summed E-state index contributed by atoms with van der Waals surface area (Å²) in [4.78, 5) is 2.48. The normalized spacial score (nSPS) is 16.7. The largest absolute Gasteiger partial charge is 0.310 e. The third-order valence-corrected chi connectivity index (χ3v) is 12.9. The standard InChI is InChI=1S/C54H45N/c1-6-7-14-42-36(3)54(49-19-12-9-16-44(49)45-17-10-13-20-50(45)54)52-34-41(29-31-46(42)52)55(39-27-25-38(26-28-39)37-23-21-35(2)22-24-37)40-30-32-47-43-15-8-11-18-48(43)53(4,5)51(47)33-40/h6-7,9-14,16-34H,1,8,15H2,2-5H3/b14-7-.